The molecule has 1 aliphatic rings. The minimum Gasteiger partial charge on any atom is -0.495 e. The van der Waals surface area contributed by atoms with E-state index in [0.29, 0.717) is 22.6 Å². The smallest absolute Gasteiger partial charge is 0.196 e. The average Bonchev–Trinajstić information content (AvgIpc) is 3.22. The van der Waals surface area contributed by atoms with Crippen molar-refractivity contribution >= 4 is 27.2 Å². The number of ether oxygens (including phenoxy) is 1. The van der Waals surface area contributed by atoms with Crippen molar-refractivity contribution in [1.82, 2.24) is 4.37 Å². The fourth-order valence-corrected chi connectivity index (χ4v) is 4.45. The second-order valence-corrected chi connectivity index (χ2v) is 8.57. The van der Waals surface area contributed by atoms with Crippen molar-refractivity contribution in [3.05, 3.63) is 39.9 Å². The summed E-state index contributed by atoms with van der Waals surface area (Å²) in [5.41, 5.74) is 1.61. The number of hydrogen-bond acceptors (Lipinski definition) is 6. The maximum absolute atomic E-state index is 12.9. The van der Waals surface area contributed by atoms with E-state index in [1.54, 1.807) is 19.2 Å². The van der Waals surface area contributed by atoms with Crippen molar-refractivity contribution in [2.24, 2.45) is 0 Å². The summed E-state index contributed by atoms with van der Waals surface area (Å²) in [7, 11) is -2.01. The molecule has 0 atom stereocenters. The molecule has 0 aliphatic heterocycles. The Morgan fingerprint density at radius 1 is 1.30 bits per heavy atom. The van der Waals surface area contributed by atoms with Crippen LogP contribution in [0, 0.1) is 6.92 Å². The van der Waals surface area contributed by atoms with Gasteiger partial charge < -0.3 is 4.74 Å². The zero-order valence-electron chi connectivity index (χ0n) is 13.1. The van der Waals surface area contributed by atoms with E-state index >= 15 is 0 Å². The largest absolute Gasteiger partial charge is 0.495 e. The lowest BCUT2D eigenvalue weighted by molar-refractivity contribution is 0.103. The lowest BCUT2D eigenvalue weighted by atomic mass is 9.98. The molecule has 5 nitrogen and oxygen atoms in total. The predicted molar refractivity (Wildman–Crippen MR) is 88.4 cm³/mol. The first-order valence-corrected chi connectivity index (χ1v) is 9.88. The topological polar surface area (TPSA) is 73.3 Å². The Labute approximate surface area is 139 Å². The zero-order valence-corrected chi connectivity index (χ0v) is 14.8. The minimum atomic E-state index is -3.42. The molecular formula is C16H17NO4S2. The third-order valence-corrected chi connectivity index (χ3v) is 6.09. The maximum atomic E-state index is 12.9. The number of methoxy groups -OCH3 is 1. The van der Waals surface area contributed by atoms with Gasteiger partial charge in [0, 0.05) is 22.3 Å². The fraction of sp³-hybridized carbons (Fsp3) is 0.375. The first kappa shape index (κ1) is 16.1. The molecule has 0 amide bonds. The molecule has 122 valence electrons. The van der Waals surface area contributed by atoms with Crippen molar-refractivity contribution in [3.8, 4) is 5.75 Å². The monoisotopic (exact) mass is 351 g/mol. The van der Waals surface area contributed by atoms with Gasteiger partial charge in [-0.1, -0.05) is 0 Å². The molecule has 1 saturated carbocycles. The SMILES string of the molecule is COc1c(S(C)(=O)=O)ccc(C(=O)c2cnsc2C2CC2)c1C. The van der Waals surface area contributed by atoms with Crippen LogP contribution in [-0.4, -0.2) is 31.9 Å². The summed E-state index contributed by atoms with van der Waals surface area (Å²) >= 11 is 1.37. The molecule has 1 aliphatic carbocycles. The number of rotatable bonds is 5. The molecular weight excluding hydrogens is 334 g/mol. The van der Waals surface area contributed by atoms with E-state index in [4.69, 9.17) is 4.74 Å². The van der Waals surface area contributed by atoms with E-state index < -0.39 is 9.84 Å². The van der Waals surface area contributed by atoms with E-state index in [1.165, 1.54) is 24.7 Å². The number of aromatic nitrogens is 1. The summed E-state index contributed by atoms with van der Waals surface area (Å²) in [5.74, 6) is 0.546. The molecule has 0 unspecified atom stereocenters. The number of carbonyl (C=O) groups excluding carboxylic acids is 1. The minimum absolute atomic E-state index is 0.0971. The van der Waals surface area contributed by atoms with Crippen LogP contribution in [0.25, 0.3) is 0 Å². The molecule has 1 fully saturated rings. The van der Waals surface area contributed by atoms with Gasteiger partial charge in [0.25, 0.3) is 0 Å². The van der Waals surface area contributed by atoms with Crippen LogP contribution >= 0.6 is 11.5 Å². The molecule has 1 aromatic heterocycles. The Hall–Kier alpha value is -1.73. The zero-order chi connectivity index (χ0) is 16.8. The molecule has 23 heavy (non-hydrogen) atoms. The molecule has 7 heteroatoms. The van der Waals surface area contributed by atoms with Crippen molar-refractivity contribution in [2.75, 3.05) is 13.4 Å². The van der Waals surface area contributed by atoms with Crippen LogP contribution in [0.5, 0.6) is 5.75 Å². The van der Waals surface area contributed by atoms with Gasteiger partial charge in [0.05, 0.1) is 18.9 Å². The van der Waals surface area contributed by atoms with Crippen LogP contribution < -0.4 is 4.74 Å². The van der Waals surface area contributed by atoms with Gasteiger partial charge in [-0.25, -0.2) is 12.8 Å². The summed E-state index contributed by atoms with van der Waals surface area (Å²) in [4.78, 5) is 14.0. The molecule has 3 rings (SSSR count). The predicted octanol–water partition coefficient (Wildman–Crippen LogP) is 2.97. The summed E-state index contributed by atoms with van der Waals surface area (Å²) in [6, 6.07) is 3.00. The average molecular weight is 351 g/mol. The van der Waals surface area contributed by atoms with Crippen LogP contribution in [0.1, 0.15) is 45.1 Å². The van der Waals surface area contributed by atoms with Gasteiger partial charge in [0.1, 0.15) is 10.6 Å². The number of carbonyl (C=O) groups is 1. The van der Waals surface area contributed by atoms with Crippen LogP contribution in [0.4, 0.5) is 0 Å². The normalized spacial score (nSPS) is 14.7. The van der Waals surface area contributed by atoms with Gasteiger partial charge in [0.15, 0.2) is 15.6 Å². The van der Waals surface area contributed by atoms with Crippen LogP contribution in [0.3, 0.4) is 0 Å². The van der Waals surface area contributed by atoms with Gasteiger partial charge in [-0.2, -0.15) is 0 Å². The Balaban J connectivity index is 2.10. The van der Waals surface area contributed by atoms with Gasteiger partial charge in [-0.3, -0.25) is 4.79 Å². The Morgan fingerprint density at radius 3 is 2.57 bits per heavy atom. The highest BCUT2D eigenvalue weighted by Gasteiger charge is 2.31. The number of benzene rings is 1. The van der Waals surface area contributed by atoms with E-state index in [2.05, 4.69) is 4.37 Å². The molecule has 0 saturated heterocycles. The third kappa shape index (κ3) is 2.90. The summed E-state index contributed by atoms with van der Waals surface area (Å²) in [5, 5.41) is 0. The highest BCUT2D eigenvalue weighted by atomic mass is 32.2. The van der Waals surface area contributed by atoms with E-state index in [0.717, 1.165) is 24.0 Å². The molecule has 0 N–H and O–H groups in total. The molecule has 1 heterocycles. The second kappa shape index (κ2) is 5.72. The molecule has 2 aromatic rings. The maximum Gasteiger partial charge on any atom is 0.196 e. The van der Waals surface area contributed by atoms with Crippen molar-refractivity contribution in [2.45, 2.75) is 30.6 Å². The summed E-state index contributed by atoms with van der Waals surface area (Å²) in [6.45, 7) is 1.71. The van der Waals surface area contributed by atoms with Crippen molar-refractivity contribution < 1.29 is 17.9 Å². The van der Waals surface area contributed by atoms with E-state index in [1.807, 2.05) is 0 Å². The Kier molecular flexibility index (Phi) is 4.01. The standard InChI is InChI=1S/C16H17NO4S2/c1-9-11(6-7-13(15(9)21-2)23(3,19)20)14(18)12-8-17-22-16(12)10-4-5-10/h6-8,10H,4-5H2,1-3H3. The second-order valence-electron chi connectivity index (χ2n) is 5.75. The number of ketones is 1. The quantitative estimate of drug-likeness (QED) is 0.774. The first-order valence-electron chi connectivity index (χ1n) is 7.21. The Morgan fingerprint density at radius 2 is 2.00 bits per heavy atom. The molecule has 0 radical (unpaired) electrons. The van der Waals surface area contributed by atoms with Gasteiger partial charge in [-0.15, -0.1) is 0 Å². The van der Waals surface area contributed by atoms with Crippen LogP contribution in [0.2, 0.25) is 0 Å². The third-order valence-electron chi connectivity index (χ3n) is 4.01. The van der Waals surface area contributed by atoms with Gasteiger partial charge in [-0.05, 0) is 49.3 Å². The van der Waals surface area contributed by atoms with Crippen LogP contribution in [-0.2, 0) is 9.84 Å². The number of sulfone groups is 1. The Bertz CT molecular complexity index is 879. The molecule has 1 aromatic carbocycles. The lowest BCUT2D eigenvalue weighted by Gasteiger charge is -2.13. The van der Waals surface area contributed by atoms with Crippen LogP contribution in [0.15, 0.2) is 23.2 Å². The lowest BCUT2D eigenvalue weighted by Crippen LogP contribution is -2.09. The van der Waals surface area contributed by atoms with Crippen molar-refractivity contribution in [1.29, 1.82) is 0 Å². The fourth-order valence-electron chi connectivity index (χ4n) is 2.66. The summed E-state index contributed by atoms with van der Waals surface area (Å²) in [6.07, 6.45) is 4.92. The van der Waals surface area contributed by atoms with E-state index in [-0.39, 0.29) is 16.4 Å². The highest BCUT2D eigenvalue weighted by Crippen LogP contribution is 2.44. The van der Waals surface area contributed by atoms with Gasteiger partial charge in [0.2, 0.25) is 0 Å². The molecule has 0 bridgehead atoms. The molecule has 0 spiro atoms. The van der Waals surface area contributed by atoms with Gasteiger partial charge >= 0.3 is 0 Å². The number of nitrogens with zero attached hydrogens (tertiary/aromatic N) is 1. The van der Waals surface area contributed by atoms with Crippen molar-refractivity contribution in [3.63, 3.8) is 0 Å². The number of hydrogen-bond donors (Lipinski definition) is 0. The first-order chi connectivity index (χ1) is 10.8. The highest BCUT2D eigenvalue weighted by molar-refractivity contribution is 7.90. The summed E-state index contributed by atoms with van der Waals surface area (Å²) < 4.78 is 33.1. The van der Waals surface area contributed by atoms with E-state index in [9.17, 15) is 13.2 Å².